The summed E-state index contributed by atoms with van der Waals surface area (Å²) in [5, 5.41) is 8.63. The zero-order valence-electron chi connectivity index (χ0n) is 10.7. The number of aliphatic imine (C=N–C) groups is 1. The summed E-state index contributed by atoms with van der Waals surface area (Å²) in [7, 11) is 1.64. The molecule has 0 spiro atoms. The molecule has 18 heavy (non-hydrogen) atoms. The van der Waals surface area contributed by atoms with Gasteiger partial charge in [0.25, 0.3) is 0 Å². The highest BCUT2D eigenvalue weighted by molar-refractivity contribution is 7.78. The molecule has 0 saturated heterocycles. The van der Waals surface area contributed by atoms with Gasteiger partial charge in [-0.2, -0.15) is 0 Å². The fourth-order valence-electron chi connectivity index (χ4n) is 1.06. The van der Waals surface area contributed by atoms with E-state index in [4.69, 9.17) is 16.6 Å². The van der Waals surface area contributed by atoms with Gasteiger partial charge in [0.2, 0.25) is 5.96 Å². The highest BCUT2D eigenvalue weighted by Crippen LogP contribution is 2.02. The summed E-state index contributed by atoms with van der Waals surface area (Å²) in [5.74, 6) is 0.771. The maximum absolute atomic E-state index is 8.63. The fraction of sp³-hybridized carbons (Fsp3) is 0.417. The molecule has 5 nitrogen and oxygen atoms in total. The van der Waals surface area contributed by atoms with Crippen LogP contribution in [0.1, 0.15) is 12.8 Å². The van der Waals surface area contributed by atoms with Crippen molar-refractivity contribution < 1.29 is 5.11 Å². The number of phenols is 1. The third-order valence-electron chi connectivity index (χ3n) is 2.07. The zero-order valence-corrected chi connectivity index (χ0v) is 11.6. The first-order valence-electron chi connectivity index (χ1n) is 5.74. The molecule has 0 aromatic heterocycles. The van der Waals surface area contributed by atoms with Gasteiger partial charge in [-0.15, -0.1) is 0 Å². The van der Waals surface area contributed by atoms with E-state index < -0.39 is 0 Å². The van der Waals surface area contributed by atoms with Crippen LogP contribution in [0.2, 0.25) is 0 Å². The van der Waals surface area contributed by atoms with Gasteiger partial charge in [-0.25, -0.2) is 0 Å². The van der Waals surface area contributed by atoms with Crippen molar-refractivity contribution in [2.24, 2.45) is 16.5 Å². The molecule has 0 saturated carbocycles. The lowest BCUT2D eigenvalue weighted by molar-refractivity contribution is 0.475. The second kappa shape index (κ2) is 10.7. The first-order chi connectivity index (χ1) is 8.61. The number of phenolic OH excluding ortho intramolecular Hbond substituents is 1. The van der Waals surface area contributed by atoms with Crippen LogP contribution in [-0.4, -0.2) is 35.5 Å². The van der Waals surface area contributed by atoms with E-state index in [1.165, 1.54) is 0 Å². The number of nitrogens with two attached hydrogens (primary N) is 2. The Kier molecular flexibility index (Phi) is 9.90. The molecule has 0 unspecified atom stereocenters. The first kappa shape index (κ1) is 16.6. The molecule has 1 rings (SSSR count). The summed E-state index contributed by atoms with van der Waals surface area (Å²) in [5.41, 5.74) is 10.8. The maximum Gasteiger partial charge on any atom is 0.201 e. The SMILES string of the molecule is CN=C(N)N(S)CCCCN.Oc1ccccc1. The predicted molar refractivity (Wildman–Crippen MR) is 79.6 cm³/mol. The maximum atomic E-state index is 8.63. The van der Waals surface area contributed by atoms with Crippen LogP contribution in [-0.2, 0) is 0 Å². The summed E-state index contributed by atoms with van der Waals surface area (Å²) < 4.78 is 1.62. The van der Waals surface area contributed by atoms with Crippen LogP contribution in [0.4, 0.5) is 0 Å². The normalized spacial score (nSPS) is 10.5. The Morgan fingerprint density at radius 1 is 1.33 bits per heavy atom. The van der Waals surface area contributed by atoms with Crippen LogP contribution in [0.15, 0.2) is 35.3 Å². The van der Waals surface area contributed by atoms with Crippen LogP contribution in [0.3, 0.4) is 0 Å². The summed E-state index contributed by atoms with van der Waals surface area (Å²) in [4.78, 5) is 3.78. The van der Waals surface area contributed by atoms with Gasteiger partial charge in [0.05, 0.1) is 0 Å². The quantitative estimate of drug-likeness (QED) is 0.287. The molecular weight excluding hydrogens is 248 g/mol. The van der Waals surface area contributed by atoms with E-state index in [-0.39, 0.29) is 0 Å². The van der Waals surface area contributed by atoms with E-state index in [9.17, 15) is 0 Å². The van der Waals surface area contributed by atoms with Gasteiger partial charge in [0, 0.05) is 13.6 Å². The lowest BCUT2D eigenvalue weighted by atomic mass is 10.3. The number of benzene rings is 1. The third kappa shape index (κ3) is 8.72. The predicted octanol–water partition coefficient (Wildman–Crippen LogP) is 1.21. The monoisotopic (exact) mass is 270 g/mol. The zero-order chi connectivity index (χ0) is 13.8. The molecule has 1 aromatic rings. The Morgan fingerprint density at radius 2 is 1.94 bits per heavy atom. The lowest BCUT2D eigenvalue weighted by Gasteiger charge is -2.14. The van der Waals surface area contributed by atoms with E-state index in [1.54, 1.807) is 35.6 Å². The van der Waals surface area contributed by atoms with Gasteiger partial charge in [-0.05, 0) is 31.5 Å². The number of nitrogens with zero attached hydrogens (tertiary/aromatic N) is 2. The average Bonchev–Trinajstić information content (AvgIpc) is 2.39. The summed E-state index contributed by atoms with van der Waals surface area (Å²) in [6.45, 7) is 1.51. The molecule has 0 radical (unpaired) electrons. The number of hydrogen-bond acceptors (Lipinski definition) is 4. The average molecular weight is 270 g/mol. The molecule has 0 heterocycles. The number of guanidine groups is 1. The molecule has 0 fully saturated rings. The Morgan fingerprint density at radius 3 is 2.33 bits per heavy atom. The van der Waals surface area contributed by atoms with E-state index in [1.807, 2.05) is 6.07 Å². The highest BCUT2D eigenvalue weighted by atomic mass is 32.1. The molecule has 0 aliphatic heterocycles. The standard InChI is InChI=1S/C6H16N4S.C6H6O/c1-9-6(8)10(11)5-3-2-4-7;7-6-4-2-1-3-5-6/h11H,2-5,7H2,1H3,(H2,8,9);1-5,7H. The number of rotatable bonds is 4. The van der Waals surface area contributed by atoms with Gasteiger partial charge < -0.3 is 16.6 Å². The Hall–Kier alpha value is -1.40. The number of unbranched alkanes of at least 4 members (excludes halogenated alkanes) is 1. The van der Waals surface area contributed by atoms with Crippen molar-refractivity contribution in [3.05, 3.63) is 30.3 Å². The molecule has 1 aromatic carbocycles. The van der Waals surface area contributed by atoms with Crippen LogP contribution < -0.4 is 11.5 Å². The topological polar surface area (TPSA) is 87.9 Å². The molecule has 0 aliphatic rings. The number of thiol groups is 1. The minimum absolute atomic E-state index is 0.322. The van der Waals surface area contributed by atoms with Crippen LogP contribution >= 0.6 is 12.8 Å². The Labute approximate surface area is 114 Å². The molecule has 102 valence electrons. The molecule has 0 amide bonds. The second-order valence-corrected chi connectivity index (χ2v) is 4.02. The number of hydrogen-bond donors (Lipinski definition) is 4. The van der Waals surface area contributed by atoms with E-state index in [2.05, 4.69) is 17.8 Å². The summed E-state index contributed by atoms with van der Waals surface area (Å²) in [6, 6.07) is 8.71. The van der Waals surface area contributed by atoms with Crippen LogP contribution in [0.25, 0.3) is 0 Å². The van der Waals surface area contributed by atoms with Gasteiger partial charge in [-0.1, -0.05) is 31.0 Å². The van der Waals surface area contributed by atoms with Gasteiger partial charge in [0.1, 0.15) is 5.75 Å². The molecule has 6 heteroatoms. The largest absolute Gasteiger partial charge is 0.508 e. The molecule has 0 bridgehead atoms. The van der Waals surface area contributed by atoms with Crippen molar-refractivity contribution in [3.63, 3.8) is 0 Å². The van der Waals surface area contributed by atoms with Crippen molar-refractivity contribution in [2.45, 2.75) is 12.8 Å². The van der Waals surface area contributed by atoms with Crippen molar-refractivity contribution in [1.82, 2.24) is 4.31 Å². The summed E-state index contributed by atoms with van der Waals surface area (Å²) in [6.07, 6.45) is 1.99. The van der Waals surface area contributed by atoms with Crippen molar-refractivity contribution >= 4 is 18.8 Å². The van der Waals surface area contributed by atoms with Crippen molar-refractivity contribution in [2.75, 3.05) is 20.1 Å². The third-order valence-corrected chi connectivity index (χ3v) is 2.48. The van der Waals surface area contributed by atoms with E-state index >= 15 is 0 Å². The van der Waals surface area contributed by atoms with Gasteiger partial charge >= 0.3 is 0 Å². The Bertz CT molecular complexity index is 332. The highest BCUT2D eigenvalue weighted by Gasteiger charge is 1.99. The Balaban J connectivity index is 0.000000351. The van der Waals surface area contributed by atoms with Gasteiger partial charge in [-0.3, -0.25) is 9.30 Å². The van der Waals surface area contributed by atoms with Gasteiger partial charge in [0.15, 0.2) is 0 Å². The van der Waals surface area contributed by atoms with Crippen molar-refractivity contribution in [1.29, 1.82) is 0 Å². The minimum atomic E-state index is 0.322. The van der Waals surface area contributed by atoms with E-state index in [0.717, 1.165) is 19.4 Å². The van der Waals surface area contributed by atoms with Crippen LogP contribution in [0.5, 0.6) is 5.75 Å². The second-order valence-electron chi connectivity index (χ2n) is 3.54. The first-order valence-corrected chi connectivity index (χ1v) is 6.14. The molecular formula is C12H22N4OS. The number of para-hydroxylation sites is 1. The fourth-order valence-corrected chi connectivity index (χ4v) is 1.29. The molecule has 0 aliphatic carbocycles. The smallest absolute Gasteiger partial charge is 0.201 e. The molecule has 5 N–H and O–H groups in total. The molecule has 0 atom stereocenters. The van der Waals surface area contributed by atoms with Crippen LogP contribution in [0, 0.1) is 0 Å². The lowest BCUT2D eigenvalue weighted by Crippen LogP contribution is -2.30. The van der Waals surface area contributed by atoms with Crippen molar-refractivity contribution in [3.8, 4) is 5.75 Å². The number of aromatic hydroxyl groups is 1. The summed E-state index contributed by atoms with van der Waals surface area (Å²) >= 11 is 4.11. The minimum Gasteiger partial charge on any atom is -0.508 e. The van der Waals surface area contributed by atoms with E-state index in [0.29, 0.717) is 18.3 Å².